The molecule has 1 heterocycles. The third-order valence-electron chi connectivity index (χ3n) is 4.73. The van der Waals surface area contributed by atoms with Gasteiger partial charge in [0.1, 0.15) is 11.7 Å². The number of aliphatic hydroxyl groups excluding tert-OH is 1. The van der Waals surface area contributed by atoms with Crippen LogP contribution < -0.4 is 0 Å². The fraction of sp³-hybridized carbons (Fsp3) is 0.895. The van der Waals surface area contributed by atoms with Gasteiger partial charge in [-0.15, -0.1) is 0 Å². The van der Waals surface area contributed by atoms with Crippen molar-refractivity contribution in [2.75, 3.05) is 13.7 Å². The van der Waals surface area contributed by atoms with Gasteiger partial charge in [-0.3, -0.25) is 9.69 Å². The molecule has 1 fully saturated rings. The maximum atomic E-state index is 13.0. The molecule has 1 aliphatic rings. The van der Waals surface area contributed by atoms with E-state index in [-0.39, 0.29) is 17.8 Å². The summed E-state index contributed by atoms with van der Waals surface area (Å²) in [6.07, 6.45) is -1.56. The van der Waals surface area contributed by atoms with Crippen LogP contribution in [0, 0.1) is 11.3 Å². The lowest BCUT2D eigenvalue weighted by molar-refractivity contribution is -0.161. The first-order valence-corrected chi connectivity index (χ1v) is 11.8. The van der Waals surface area contributed by atoms with E-state index in [9.17, 15) is 14.7 Å². The lowest BCUT2D eigenvalue weighted by Gasteiger charge is -2.43. The molecule has 1 amide bonds. The Morgan fingerprint density at radius 1 is 1.22 bits per heavy atom. The molecule has 0 aromatic heterocycles. The molecule has 7 nitrogen and oxygen atoms in total. The summed E-state index contributed by atoms with van der Waals surface area (Å²) in [7, 11) is -0.0262. The summed E-state index contributed by atoms with van der Waals surface area (Å²) in [5, 5.41) is 11.0. The van der Waals surface area contributed by atoms with Crippen molar-refractivity contribution in [3.05, 3.63) is 0 Å². The summed E-state index contributed by atoms with van der Waals surface area (Å²) < 4.78 is 16.6. The number of amides is 1. The zero-order valence-corrected chi connectivity index (χ0v) is 19.2. The number of methoxy groups -OCH3 is 1. The van der Waals surface area contributed by atoms with Crippen molar-refractivity contribution in [2.45, 2.75) is 84.9 Å². The first-order chi connectivity index (χ1) is 12.1. The third-order valence-corrected chi connectivity index (χ3v) is 5.49. The minimum absolute atomic E-state index is 0.0821. The number of esters is 1. The van der Waals surface area contributed by atoms with E-state index >= 15 is 0 Å². The van der Waals surface area contributed by atoms with Gasteiger partial charge in [-0.2, -0.15) is 0 Å². The predicted molar refractivity (Wildman–Crippen MR) is 104 cm³/mol. The van der Waals surface area contributed by atoms with E-state index in [1.807, 2.05) is 13.1 Å². The Kier molecular flexibility index (Phi) is 7.52. The molecule has 0 saturated carbocycles. The molecule has 0 spiro atoms. The monoisotopic (exact) mass is 402 g/mol. The van der Waals surface area contributed by atoms with Gasteiger partial charge in [-0.05, 0) is 45.2 Å². The number of carbonyl (C=O) groups excluding carboxylic acids is 2. The Morgan fingerprint density at radius 2 is 1.78 bits per heavy atom. The highest BCUT2D eigenvalue weighted by molar-refractivity contribution is 6.48. The Bertz CT molecular complexity index is 539. The van der Waals surface area contributed by atoms with Crippen molar-refractivity contribution in [3.8, 4) is 0 Å². The van der Waals surface area contributed by atoms with Gasteiger partial charge < -0.3 is 19.0 Å². The van der Waals surface area contributed by atoms with Crippen LogP contribution in [0.15, 0.2) is 0 Å². The molecule has 0 bridgehead atoms. The highest BCUT2D eigenvalue weighted by atomic mass is 28.3. The van der Waals surface area contributed by atoms with E-state index in [1.165, 1.54) is 12.0 Å². The average molecular weight is 403 g/mol. The number of likely N-dealkylation sites (tertiary alicyclic amines) is 1. The number of carbonyl (C=O) groups is 2. The van der Waals surface area contributed by atoms with Crippen LogP contribution >= 0.6 is 0 Å². The molecule has 0 aromatic carbocycles. The van der Waals surface area contributed by atoms with Gasteiger partial charge in [0, 0.05) is 13.0 Å². The molecule has 0 aromatic rings. The van der Waals surface area contributed by atoms with Crippen LogP contribution in [0.4, 0.5) is 4.79 Å². The topological polar surface area (TPSA) is 85.3 Å². The SMILES string of the molecule is COC(=O)C[C@@H](O)[C@@]1(O[Si](C)C)C[C@H](C(C)(C)C)CN1C(=O)OC(C)(C)C. The number of ether oxygens (including phenoxy) is 2. The smallest absolute Gasteiger partial charge is 0.412 e. The second kappa shape index (κ2) is 8.49. The largest absolute Gasteiger partial charge is 0.469 e. The maximum Gasteiger partial charge on any atom is 0.412 e. The van der Waals surface area contributed by atoms with Gasteiger partial charge in [-0.1, -0.05) is 20.8 Å². The zero-order chi connectivity index (χ0) is 21.2. The Hall–Kier alpha value is -1.12. The number of hydrogen-bond donors (Lipinski definition) is 1. The Morgan fingerprint density at radius 3 is 2.19 bits per heavy atom. The molecule has 1 saturated heterocycles. The standard InChI is InChI=1S/C19H36NO6Si/c1-17(2,3)13-11-19(26-27(8)9,14(21)10-15(22)24-7)20(12-13)16(23)25-18(4,5)6/h13-14,21H,10-12H2,1-9H3/t13-,14+,19-/m0/s1. The molecule has 1 aliphatic heterocycles. The van der Waals surface area contributed by atoms with Gasteiger partial charge in [0.25, 0.3) is 0 Å². The molecule has 0 aliphatic carbocycles. The predicted octanol–water partition coefficient (Wildman–Crippen LogP) is 3.18. The van der Waals surface area contributed by atoms with Gasteiger partial charge >= 0.3 is 12.1 Å². The second-order valence-electron chi connectivity index (χ2n) is 9.51. The molecular formula is C19H36NO6Si. The van der Waals surface area contributed by atoms with E-state index in [1.54, 1.807) is 20.8 Å². The van der Waals surface area contributed by atoms with Crippen LogP contribution in [0.5, 0.6) is 0 Å². The lowest BCUT2D eigenvalue weighted by atomic mass is 9.78. The number of rotatable bonds is 5. The molecule has 1 radical (unpaired) electrons. The number of aliphatic hydroxyl groups is 1. The summed E-state index contributed by atoms with van der Waals surface area (Å²) in [4.78, 5) is 26.3. The van der Waals surface area contributed by atoms with Crippen LogP contribution in [-0.4, -0.2) is 62.2 Å². The molecule has 8 heteroatoms. The number of nitrogens with zero attached hydrogens (tertiary/aromatic N) is 1. The summed E-state index contributed by atoms with van der Waals surface area (Å²) in [5.41, 5.74) is -2.08. The fourth-order valence-electron chi connectivity index (χ4n) is 3.26. The highest BCUT2D eigenvalue weighted by Gasteiger charge is 2.57. The van der Waals surface area contributed by atoms with Crippen molar-refractivity contribution < 1.29 is 28.6 Å². The molecule has 0 unspecified atom stereocenters. The minimum atomic E-state index is -1.30. The normalized spacial score (nSPS) is 24.9. The second-order valence-corrected chi connectivity index (χ2v) is 11.5. The van der Waals surface area contributed by atoms with Crippen molar-refractivity contribution in [1.29, 1.82) is 0 Å². The number of hydrogen-bond acceptors (Lipinski definition) is 6. The first-order valence-electron chi connectivity index (χ1n) is 9.37. The molecule has 3 atom stereocenters. The lowest BCUT2D eigenvalue weighted by Crippen LogP contribution is -2.59. The molecule has 1 N–H and O–H groups in total. The van der Waals surface area contributed by atoms with Crippen molar-refractivity contribution in [3.63, 3.8) is 0 Å². The van der Waals surface area contributed by atoms with Crippen molar-refractivity contribution in [1.82, 2.24) is 4.90 Å². The van der Waals surface area contributed by atoms with E-state index in [0.29, 0.717) is 13.0 Å². The summed E-state index contributed by atoms with van der Waals surface area (Å²) >= 11 is 0. The van der Waals surface area contributed by atoms with E-state index < -0.39 is 38.5 Å². The molecular weight excluding hydrogens is 366 g/mol. The van der Waals surface area contributed by atoms with Crippen LogP contribution in [0.2, 0.25) is 13.1 Å². The van der Waals surface area contributed by atoms with Crippen LogP contribution in [0.1, 0.15) is 54.4 Å². The van der Waals surface area contributed by atoms with E-state index in [4.69, 9.17) is 13.9 Å². The van der Waals surface area contributed by atoms with Crippen molar-refractivity contribution in [2.24, 2.45) is 11.3 Å². The maximum absolute atomic E-state index is 13.0. The zero-order valence-electron chi connectivity index (χ0n) is 18.2. The summed E-state index contributed by atoms with van der Waals surface area (Å²) in [5.74, 6) is -0.464. The van der Waals surface area contributed by atoms with Crippen LogP contribution in [0.25, 0.3) is 0 Å². The van der Waals surface area contributed by atoms with Crippen LogP contribution in [0.3, 0.4) is 0 Å². The van der Waals surface area contributed by atoms with Gasteiger partial charge in [0.15, 0.2) is 5.72 Å². The fourth-order valence-corrected chi connectivity index (χ4v) is 4.30. The molecule has 1 rings (SSSR count). The highest BCUT2D eigenvalue weighted by Crippen LogP contribution is 2.46. The summed E-state index contributed by atoms with van der Waals surface area (Å²) in [6, 6.07) is 0. The average Bonchev–Trinajstić information content (AvgIpc) is 2.85. The Balaban J connectivity index is 3.36. The van der Waals surface area contributed by atoms with Gasteiger partial charge in [0.05, 0.1) is 13.5 Å². The molecule has 27 heavy (non-hydrogen) atoms. The Labute approximate surface area is 165 Å². The molecule has 157 valence electrons. The van der Waals surface area contributed by atoms with Gasteiger partial charge in [-0.25, -0.2) is 4.79 Å². The van der Waals surface area contributed by atoms with Crippen molar-refractivity contribution >= 4 is 21.1 Å². The quantitative estimate of drug-likeness (QED) is 0.561. The minimum Gasteiger partial charge on any atom is -0.469 e. The summed E-state index contributed by atoms with van der Waals surface area (Å²) in [6.45, 7) is 15.9. The third kappa shape index (κ3) is 6.19. The first kappa shape index (κ1) is 23.9. The van der Waals surface area contributed by atoms with E-state index in [0.717, 1.165) is 0 Å². The van der Waals surface area contributed by atoms with Gasteiger partial charge in [0.2, 0.25) is 9.04 Å². The van der Waals surface area contributed by atoms with E-state index in [2.05, 4.69) is 20.8 Å². The van der Waals surface area contributed by atoms with Crippen LogP contribution in [-0.2, 0) is 18.7 Å².